The zero-order chi connectivity index (χ0) is 24.3. The molecule has 0 bridgehead atoms. The minimum absolute atomic E-state index is 0.00651. The number of para-hydroxylation sites is 1. The molecule has 0 amide bonds. The second-order valence-electron chi connectivity index (χ2n) is 8.83. The van der Waals surface area contributed by atoms with Crippen molar-refractivity contribution >= 4 is 22.1 Å². The molecule has 2 aromatic heterocycles. The number of sulfone groups is 1. The average Bonchev–Trinajstić information content (AvgIpc) is 3.37. The molecule has 3 aromatic rings. The fourth-order valence-electron chi connectivity index (χ4n) is 4.78. The molecule has 1 aliphatic heterocycles. The Morgan fingerprint density at radius 2 is 1.85 bits per heavy atom. The Balaban J connectivity index is 1.85. The van der Waals surface area contributed by atoms with E-state index in [9.17, 15) is 8.42 Å². The van der Waals surface area contributed by atoms with Crippen molar-refractivity contribution < 1.29 is 8.42 Å². The van der Waals surface area contributed by atoms with Crippen LogP contribution in [0.3, 0.4) is 0 Å². The predicted molar refractivity (Wildman–Crippen MR) is 138 cm³/mol. The van der Waals surface area contributed by atoms with Crippen LogP contribution in [0.1, 0.15) is 44.7 Å². The first-order valence-electron chi connectivity index (χ1n) is 12.0. The smallest absolute Gasteiger partial charge is 0.204 e. The number of rotatable bonds is 9. The molecule has 7 nitrogen and oxygen atoms in total. The molecular formula is C25H33N5O2S2. The first-order chi connectivity index (χ1) is 16.4. The van der Waals surface area contributed by atoms with E-state index in [4.69, 9.17) is 17.3 Å². The van der Waals surface area contributed by atoms with Crippen LogP contribution >= 0.6 is 12.2 Å². The molecule has 0 N–H and O–H groups in total. The van der Waals surface area contributed by atoms with Gasteiger partial charge in [0.2, 0.25) is 4.77 Å². The van der Waals surface area contributed by atoms with Gasteiger partial charge < -0.3 is 0 Å². The van der Waals surface area contributed by atoms with Crippen LogP contribution < -0.4 is 0 Å². The highest BCUT2D eigenvalue weighted by atomic mass is 32.2. The van der Waals surface area contributed by atoms with Gasteiger partial charge in [0, 0.05) is 24.0 Å². The van der Waals surface area contributed by atoms with Gasteiger partial charge in [0.1, 0.15) is 0 Å². The summed E-state index contributed by atoms with van der Waals surface area (Å²) in [5, 5.41) is 4.98. The molecule has 3 heterocycles. The van der Waals surface area contributed by atoms with Crippen LogP contribution in [0.25, 0.3) is 17.1 Å². The van der Waals surface area contributed by atoms with Crippen LogP contribution in [-0.2, 0) is 29.3 Å². The number of hydrogen-bond donors (Lipinski definition) is 0. The normalized spacial score (nSPS) is 17.5. The summed E-state index contributed by atoms with van der Waals surface area (Å²) < 4.78 is 28.9. The molecular weight excluding hydrogens is 466 g/mol. The number of aromatic nitrogens is 4. The highest BCUT2D eigenvalue weighted by Crippen LogP contribution is 2.29. The Morgan fingerprint density at radius 3 is 2.41 bits per heavy atom. The maximum Gasteiger partial charge on any atom is 0.204 e. The first kappa shape index (κ1) is 24.8. The van der Waals surface area contributed by atoms with Crippen LogP contribution in [0.2, 0.25) is 0 Å². The Bertz CT molecular complexity index is 1280. The van der Waals surface area contributed by atoms with Crippen molar-refractivity contribution in [3.63, 3.8) is 0 Å². The number of pyridine rings is 1. The van der Waals surface area contributed by atoms with Crippen LogP contribution in [0, 0.1) is 4.77 Å². The van der Waals surface area contributed by atoms with Gasteiger partial charge in [0.15, 0.2) is 15.7 Å². The molecule has 0 aliphatic carbocycles. The number of hydrogen-bond acceptors (Lipinski definition) is 6. The topological polar surface area (TPSA) is 73.0 Å². The fraction of sp³-hybridized carbons (Fsp3) is 0.480. The molecule has 1 aliphatic rings. The molecule has 0 radical (unpaired) electrons. The lowest BCUT2D eigenvalue weighted by Gasteiger charge is -2.27. The monoisotopic (exact) mass is 499 g/mol. The number of aryl methyl sites for hydroxylation is 2. The van der Waals surface area contributed by atoms with Crippen molar-refractivity contribution in [1.29, 1.82) is 0 Å². The molecule has 0 spiro atoms. The molecule has 1 aromatic carbocycles. The minimum Gasteiger partial charge on any atom is -0.280 e. The van der Waals surface area contributed by atoms with Crippen molar-refractivity contribution in [2.45, 2.75) is 59.2 Å². The third-order valence-electron chi connectivity index (χ3n) is 6.50. The lowest BCUT2D eigenvalue weighted by Crippen LogP contribution is -2.38. The molecule has 1 unspecified atom stereocenters. The van der Waals surface area contributed by atoms with Gasteiger partial charge in [0.05, 0.1) is 23.9 Å². The van der Waals surface area contributed by atoms with Crippen LogP contribution in [0.5, 0.6) is 0 Å². The van der Waals surface area contributed by atoms with E-state index in [-0.39, 0.29) is 17.5 Å². The summed E-state index contributed by atoms with van der Waals surface area (Å²) >= 11 is 6.03. The van der Waals surface area contributed by atoms with E-state index >= 15 is 0 Å². The quantitative estimate of drug-likeness (QED) is 0.405. The van der Waals surface area contributed by atoms with E-state index in [2.05, 4.69) is 53.4 Å². The first-order valence-corrected chi connectivity index (χ1v) is 14.3. The third kappa shape index (κ3) is 5.01. The van der Waals surface area contributed by atoms with Gasteiger partial charge >= 0.3 is 0 Å². The van der Waals surface area contributed by atoms with Gasteiger partial charge in [-0.1, -0.05) is 39.0 Å². The van der Waals surface area contributed by atoms with Crippen molar-refractivity contribution in [2.75, 3.05) is 18.1 Å². The molecule has 34 heavy (non-hydrogen) atoms. The Morgan fingerprint density at radius 1 is 1.12 bits per heavy atom. The summed E-state index contributed by atoms with van der Waals surface area (Å²) in [4.78, 5) is 6.53. The SMILES string of the molecule is CCCN(Cn1nc(-c2cccnc2)n(-c2c(CC)cccc2CC)c1=S)C1CCS(=O)(=O)C1. The van der Waals surface area contributed by atoms with Crippen molar-refractivity contribution in [3.05, 3.63) is 58.6 Å². The second kappa shape index (κ2) is 10.5. The van der Waals surface area contributed by atoms with Crippen molar-refractivity contribution in [2.24, 2.45) is 0 Å². The minimum atomic E-state index is -2.98. The van der Waals surface area contributed by atoms with E-state index in [1.807, 2.05) is 23.0 Å². The Labute approximate surface area is 207 Å². The van der Waals surface area contributed by atoms with Gasteiger partial charge in [0.25, 0.3) is 0 Å². The van der Waals surface area contributed by atoms with Crippen LogP contribution in [0.15, 0.2) is 42.7 Å². The highest BCUT2D eigenvalue weighted by molar-refractivity contribution is 7.91. The Hall–Kier alpha value is -2.36. The molecule has 182 valence electrons. The maximum absolute atomic E-state index is 12.2. The standard InChI is InChI=1S/C25H33N5O2S2/c1-4-14-28(22-12-15-34(31,32)17-22)18-29-25(33)30(24(27-29)21-11-8-13-26-16-21)23-19(5-2)9-7-10-20(23)6-3/h7-11,13,16,22H,4-6,12,14-15,17-18H2,1-3H3. The van der Waals surface area contributed by atoms with E-state index in [0.717, 1.165) is 42.9 Å². The van der Waals surface area contributed by atoms with Gasteiger partial charge in [-0.15, -0.1) is 5.10 Å². The van der Waals surface area contributed by atoms with Gasteiger partial charge in [-0.3, -0.25) is 14.5 Å². The van der Waals surface area contributed by atoms with Crippen LogP contribution in [0.4, 0.5) is 0 Å². The number of benzene rings is 1. The lowest BCUT2D eigenvalue weighted by molar-refractivity contribution is 0.155. The zero-order valence-corrected chi connectivity index (χ0v) is 21.8. The van der Waals surface area contributed by atoms with Gasteiger partial charge in [-0.05, 0) is 67.7 Å². The second-order valence-corrected chi connectivity index (χ2v) is 11.4. The average molecular weight is 500 g/mol. The maximum atomic E-state index is 12.2. The molecule has 9 heteroatoms. The summed E-state index contributed by atoms with van der Waals surface area (Å²) in [6, 6.07) is 10.3. The predicted octanol–water partition coefficient (Wildman–Crippen LogP) is 4.45. The molecule has 1 fully saturated rings. The highest BCUT2D eigenvalue weighted by Gasteiger charge is 2.32. The molecule has 0 saturated carbocycles. The fourth-order valence-corrected chi connectivity index (χ4v) is 6.82. The summed E-state index contributed by atoms with van der Waals surface area (Å²) in [7, 11) is -2.98. The van der Waals surface area contributed by atoms with E-state index in [1.165, 1.54) is 11.1 Å². The van der Waals surface area contributed by atoms with Gasteiger partial charge in [-0.2, -0.15) is 0 Å². The summed E-state index contributed by atoms with van der Waals surface area (Å²) in [5.41, 5.74) is 4.42. The van der Waals surface area contributed by atoms with E-state index in [1.54, 1.807) is 6.20 Å². The summed E-state index contributed by atoms with van der Waals surface area (Å²) in [6.07, 6.45) is 6.91. The van der Waals surface area contributed by atoms with Crippen LogP contribution in [-0.4, -0.2) is 56.7 Å². The third-order valence-corrected chi connectivity index (χ3v) is 8.64. The van der Waals surface area contributed by atoms with E-state index < -0.39 is 9.84 Å². The van der Waals surface area contributed by atoms with Crippen molar-refractivity contribution in [3.8, 4) is 17.1 Å². The lowest BCUT2D eigenvalue weighted by atomic mass is 10.0. The van der Waals surface area contributed by atoms with E-state index in [0.29, 0.717) is 17.9 Å². The van der Waals surface area contributed by atoms with Crippen molar-refractivity contribution in [1.82, 2.24) is 24.2 Å². The van der Waals surface area contributed by atoms with Gasteiger partial charge in [-0.25, -0.2) is 13.1 Å². The molecule has 4 rings (SSSR count). The molecule has 1 atom stereocenters. The summed E-state index contributed by atoms with van der Waals surface area (Å²) in [5.74, 6) is 1.21. The Kier molecular flexibility index (Phi) is 7.64. The number of nitrogens with zero attached hydrogens (tertiary/aromatic N) is 5. The largest absolute Gasteiger partial charge is 0.280 e. The molecule has 1 saturated heterocycles. The zero-order valence-electron chi connectivity index (χ0n) is 20.1. The summed E-state index contributed by atoms with van der Waals surface area (Å²) in [6.45, 7) is 7.67.